The van der Waals surface area contributed by atoms with Gasteiger partial charge in [-0.15, -0.1) is 0 Å². The molecule has 80 valence electrons. The van der Waals surface area contributed by atoms with Gasteiger partial charge in [0, 0.05) is 6.04 Å². The Balaban J connectivity index is 2.97. The summed E-state index contributed by atoms with van der Waals surface area (Å²) in [5.74, 6) is 1.04. The fraction of sp³-hybridized carbons (Fsp3) is 1.00. The van der Waals surface area contributed by atoms with E-state index in [4.69, 9.17) is 5.73 Å². The van der Waals surface area contributed by atoms with Gasteiger partial charge >= 0.3 is 0 Å². The molecule has 0 aliphatic rings. The maximum atomic E-state index is 5.91. The molecule has 0 bridgehead atoms. The third-order valence-corrected chi connectivity index (χ3v) is 2.71. The molecule has 0 saturated heterocycles. The van der Waals surface area contributed by atoms with Gasteiger partial charge < -0.3 is 5.73 Å². The van der Waals surface area contributed by atoms with E-state index in [-0.39, 0.29) is 0 Å². The van der Waals surface area contributed by atoms with Crippen molar-refractivity contribution in [2.24, 2.45) is 5.73 Å². The minimum absolute atomic E-state index is 0.454. The lowest BCUT2D eigenvalue weighted by atomic mass is 10.0. The summed E-state index contributed by atoms with van der Waals surface area (Å²) in [5, 5.41) is 0. The SMILES string of the molecule is CCCC(N)CCCCCCCS. The van der Waals surface area contributed by atoms with Gasteiger partial charge in [-0.25, -0.2) is 0 Å². The molecule has 0 aromatic rings. The lowest BCUT2D eigenvalue weighted by molar-refractivity contribution is 0.512. The highest BCUT2D eigenvalue weighted by Gasteiger charge is 1.99. The van der Waals surface area contributed by atoms with Crippen LogP contribution >= 0.6 is 12.6 Å². The zero-order chi connectivity index (χ0) is 9.94. The van der Waals surface area contributed by atoms with E-state index in [9.17, 15) is 0 Å². The molecule has 0 heterocycles. The molecule has 2 heteroatoms. The molecule has 1 atom stereocenters. The molecule has 2 N–H and O–H groups in total. The van der Waals surface area contributed by atoms with Crippen LogP contribution in [-0.4, -0.2) is 11.8 Å². The molecule has 13 heavy (non-hydrogen) atoms. The molecular formula is C11H25NS. The summed E-state index contributed by atoms with van der Waals surface area (Å²) in [5.41, 5.74) is 5.91. The molecule has 0 fully saturated rings. The first-order valence-corrected chi connectivity index (χ1v) is 6.31. The predicted molar refractivity (Wildman–Crippen MR) is 64.4 cm³/mol. The minimum atomic E-state index is 0.454. The molecule has 0 aromatic carbocycles. The summed E-state index contributed by atoms with van der Waals surface area (Å²) >= 11 is 4.19. The van der Waals surface area contributed by atoms with Crippen molar-refractivity contribution in [2.75, 3.05) is 5.75 Å². The van der Waals surface area contributed by atoms with E-state index in [1.54, 1.807) is 0 Å². The molecule has 0 rings (SSSR count). The van der Waals surface area contributed by atoms with Crippen molar-refractivity contribution < 1.29 is 0 Å². The van der Waals surface area contributed by atoms with Crippen LogP contribution in [-0.2, 0) is 0 Å². The van der Waals surface area contributed by atoms with Gasteiger partial charge in [-0.1, -0.05) is 39.0 Å². The highest BCUT2D eigenvalue weighted by Crippen LogP contribution is 2.09. The monoisotopic (exact) mass is 203 g/mol. The lowest BCUT2D eigenvalue weighted by Crippen LogP contribution is -2.18. The van der Waals surface area contributed by atoms with Crippen LogP contribution in [0.15, 0.2) is 0 Å². The van der Waals surface area contributed by atoms with Crippen LogP contribution in [0.4, 0.5) is 0 Å². The second kappa shape index (κ2) is 10.4. The summed E-state index contributed by atoms with van der Waals surface area (Å²) in [6, 6.07) is 0.454. The average Bonchev–Trinajstić information content (AvgIpc) is 2.11. The summed E-state index contributed by atoms with van der Waals surface area (Å²) in [4.78, 5) is 0. The topological polar surface area (TPSA) is 26.0 Å². The highest BCUT2D eigenvalue weighted by atomic mass is 32.1. The Labute approximate surface area is 88.9 Å². The Morgan fingerprint density at radius 1 is 1.00 bits per heavy atom. The maximum Gasteiger partial charge on any atom is 0.00387 e. The normalized spacial score (nSPS) is 13.2. The van der Waals surface area contributed by atoms with Crippen molar-refractivity contribution in [2.45, 2.75) is 64.3 Å². The van der Waals surface area contributed by atoms with Gasteiger partial charge in [-0.3, -0.25) is 0 Å². The van der Waals surface area contributed by atoms with E-state index in [1.165, 1.54) is 51.4 Å². The number of rotatable bonds is 9. The third-order valence-electron chi connectivity index (χ3n) is 2.39. The van der Waals surface area contributed by atoms with E-state index >= 15 is 0 Å². The largest absolute Gasteiger partial charge is 0.328 e. The molecule has 1 nitrogen and oxygen atoms in total. The summed E-state index contributed by atoms with van der Waals surface area (Å²) in [6.07, 6.45) is 10.3. The van der Waals surface area contributed by atoms with Crippen LogP contribution in [0, 0.1) is 0 Å². The minimum Gasteiger partial charge on any atom is -0.328 e. The maximum absolute atomic E-state index is 5.91. The number of nitrogens with two attached hydrogens (primary N) is 1. The quantitative estimate of drug-likeness (QED) is 0.436. The van der Waals surface area contributed by atoms with Crippen molar-refractivity contribution in [1.82, 2.24) is 0 Å². The van der Waals surface area contributed by atoms with Crippen molar-refractivity contribution in [3.63, 3.8) is 0 Å². The first kappa shape index (κ1) is 13.3. The molecule has 0 radical (unpaired) electrons. The van der Waals surface area contributed by atoms with Crippen LogP contribution in [0.5, 0.6) is 0 Å². The molecule has 0 aliphatic carbocycles. The molecule has 0 spiro atoms. The molecule has 0 aromatic heterocycles. The van der Waals surface area contributed by atoms with E-state index in [0.717, 1.165) is 5.75 Å². The molecule has 1 unspecified atom stereocenters. The highest BCUT2D eigenvalue weighted by molar-refractivity contribution is 7.80. The first-order chi connectivity index (χ1) is 6.31. The van der Waals surface area contributed by atoms with Crippen molar-refractivity contribution in [3.8, 4) is 0 Å². The van der Waals surface area contributed by atoms with Gasteiger partial charge in [0.15, 0.2) is 0 Å². The smallest absolute Gasteiger partial charge is 0.00387 e. The van der Waals surface area contributed by atoms with Crippen LogP contribution in [0.2, 0.25) is 0 Å². The van der Waals surface area contributed by atoms with Gasteiger partial charge in [0.25, 0.3) is 0 Å². The number of unbranched alkanes of at least 4 members (excludes halogenated alkanes) is 4. The van der Waals surface area contributed by atoms with Crippen LogP contribution in [0.3, 0.4) is 0 Å². The molecular weight excluding hydrogens is 178 g/mol. The van der Waals surface area contributed by atoms with E-state index in [1.807, 2.05) is 0 Å². The lowest BCUT2D eigenvalue weighted by Gasteiger charge is -2.09. The Bertz CT molecular complexity index is 96.1. The summed E-state index contributed by atoms with van der Waals surface area (Å²) in [7, 11) is 0. The number of thiol groups is 1. The zero-order valence-corrected chi connectivity index (χ0v) is 9.86. The fourth-order valence-corrected chi connectivity index (χ4v) is 1.79. The summed E-state index contributed by atoms with van der Waals surface area (Å²) < 4.78 is 0. The Kier molecular flexibility index (Phi) is 10.6. The van der Waals surface area contributed by atoms with Crippen LogP contribution in [0.1, 0.15) is 58.3 Å². The van der Waals surface area contributed by atoms with E-state index in [0.29, 0.717) is 6.04 Å². The van der Waals surface area contributed by atoms with E-state index in [2.05, 4.69) is 19.6 Å². The number of hydrogen-bond donors (Lipinski definition) is 2. The summed E-state index contributed by atoms with van der Waals surface area (Å²) in [6.45, 7) is 2.20. The third kappa shape index (κ3) is 10.2. The molecule has 0 amide bonds. The van der Waals surface area contributed by atoms with Gasteiger partial charge in [-0.2, -0.15) is 12.6 Å². The van der Waals surface area contributed by atoms with Crippen molar-refractivity contribution in [1.29, 1.82) is 0 Å². The average molecular weight is 203 g/mol. The van der Waals surface area contributed by atoms with Crippen LogP contribution in [0.25, 0.3) is 0 Å². The number of hydrogen-bond acceptors (Lipinski definition) is 2. The first-order valence-electron chi connectivity index (χ1n) is 5.67. The fourth-order valence-electron chi connectivity index (χ4n) is 1.56. The van der Waals surface area contributed by atoms with Crippen molar-refractivity contribution in [3.05, 3.63) is 0 Å². The Hall–Kier alpha value is 0.310. The Morgan fingerprint density at radius 3 is 2.23 bits per heavy atom. The van der Waals surface area contributed by atoms with Gasteiger partial charge in [0.05, 0.1) is 0 Å². The van der Waals surface area contributed by atoms with Gasteiger partial charge in [0.2, 0.25) is 0 Å². The molecule has 0 saturated carbocycles. The molecule has 0 aliphatic heterocycles. The van der Waals surface area contributed by atoms with Crippen LogP contribution < -0.4 is 5.73 Å². The van der Waals surface area contributed by atoms with Crippen molar-refractivity contribution >= 4 is 12.6 Å². The zero-order valence-electron chi connectivity index (χ0n) is 8.97. The second-order valence-electron chi connectivity index (χ2n) is 3.83. The Morgan fingerprint density at radius 2 is 1.62 bits per heavy atom. The predicted octanol–water partition coefficient (Wildman–Crippen LogP) is 3.38. The van der Waals surface area contributed by atoms with E-state index < -0.39 is 0 Å². The van der Waals surface area contributed by atoms with Gasteiger partial charge in [0.1, 0.15) is 0 Å². The standard InChI is InChI=1S/C11H25NS/c1-2-8-11(12)9-6-4-3-5-7-10-13/h11,13H,2-10,12H2,1H3. The van der Waals surface area contributed by atoms with Gasteiger partial charge in [-0.05, 0) is 25.0 Å². The second-order valence-corrected chi connectivity index (χ2v) is 4.28.